The highest BCUT2D eigenvalue weighted by atomic mass is 35.5. The Morgan fingerprint density at radius 1 is 1.23 bits per heavy atom. The van der Waals surface area contributed by atoms with E-state index in [0.29, 0.717) is 17.7 Å². The van der Waals surface area contributed by atoms with Crippen LogP contribution in [0.3, 0.4) is 0 Å². The van der Waals surface area contributed by atoms with Crippen LogP contribution in [0, 0.1) is 0 Å². The number of fused-ring (bicyclic) bond motifs is 3. The van der Waals surface area contributed by atoms with E-state index in [-0.39, 0.29) is 12.0 Å². The molecule has 1 saturated heterocycles. The molecule has 2 fully saturated rings. The van der Waals surface area contributed by atoms with Crippen LogP contribution in [0.2, 0.25) is 5.02 Å². The molecule has 7 nitrogen and oxygen atoms in total. The molecule has 184 valence electrons. The van der Waals surface area contributed by atoms with Gasteiger partial charge in [0.05, 0.1) is 17.7 Å². The minimum atomic E-state index is -0.466. The van der Waals surface area contributed by atoms with Gasteiger partial charge in [0.1, 0.15) is 18.2 Å². The number of carbonyl (C=O) groups excluding carboxylic acids is 1. The average Bonchev–Trinajstić information content (AvgIpc) is 3.09. The zero-order valence-electron chi connectivity index (χ0n) is 19.8. The summed E-state index contributed by atoms with van der Waals surface area (Å²) in [5.41, 5.74) is 3.73. The maximum absolute atomic E-state index is 12.8. The van der Waals surface area contributed by atoms with E-state index < -0.39 is 5.41 Å². The standard InChI is InChI=1S/C27H31ClN4O3/c1-17-2-3-18-12-22(16-29-25(18)32(17)20-14-21(33)15-20)35-11-10-31-8-6-27(7-9-31)23-13-19(28)4-5-24(23)30-26(27)34/h4-5,12-13,16,20-21,33H,1-3,6-11,14-15H2,(H,30,34). The second-order valence-corrected chi connectivity index (χ2v) is 10.7. The Morgan fingerprint density at radius 2 is 2.03 bits per heavy atom. The molecule has 2 aromatic rings. The molecule has 0 unspecified atom stereocenters. The monoisotopic (exact) mass is 494 g/mol. The molecule has 1 amide bonds. The molecule has 6 rings (SSSR count). The highest BCUT2D eigenvalue weighted by Crippen LogP contribution is 2.46. The Labute approximate surface area is 210 Å². The third kappa shape index (κ3) is 3.99. The van der Waals surface area contributed by atoms with Gasteiger partial charge in [0, 0.05) is 29.0 Å². The number of aliphatic hydroxyl groups is 1. The van der Waals surface area contributed by atoms with Crippen molar-refractivity contribution in [1.82, 2.24) is 9.88 Å². The van der Waals surface area contributed by atoms with E-state index in [2.05, 4.69) is 27.8 Å². The second-order valence-electron chi connectivity index (χ2n) is 10.3. The zero-order valence-corrected chi connectivity index (χ0v) is 20.6. The summed E-state index contributed by atoms with van der Waals surface area (Å²) in [4.78, 5) is 22.1. The largest absolute Gasteiger partial charge is 0.491 e. The number of pyridine rings is 1. The summed E-state index contributed by atoms with van der Waals surface area (Å²) in [5.74, 6) is 1.85. The summed E-state index contributed by atoms with van der Waals surface area (Å²) in [7, 11) is 0. The fourth-order valence-electron chi connectivity index (χ4n) is 6.04. The molecule has 4 aliphatic rings. The van der Waals surface area contributed by atoms with Gasteiger partial charge in [-0.15, -0.1) is 0 Å². The Hall–Kier alpha value is -2.61. The lowest BCUT2D eigenvalue weighted by Gasteiger charge is -2.44. The molecular formula is C27H31ClN4O3. The molecule has 8 heteroatoms. The van der Waals surface area contributed by atoms with Crippen LogP contribution >= 0.6 is 11.6 Å². The van der Waals surface area contributed by atoms with E-state index in [0.717, 1.165) is 86.7 Å². The first-order valence-electron chi connectivity index (χ1n) is 12.5. The van der Waals surface area contributed by atoms with Crippen molar-refractivity contribution in [3.63, 3.8) is 0 Å². The van der Waals surface area contributed by atoms with Crippen molar-refractivity contribution < 1.29 is 14.6 Å². The molecular weight excluding hydrogens is 464 g/mol. The SMILES string of the molecule is C=C1CCc2cc(OCCN3CCC4(CC3)C(=O)Nc3ccc(Cl)cc34)cnc2N1C1CC(O)C1. The predicted molar refractivity (Wildman–Crippen MR) is 136 cm³/mol. The van der Waals surface area contributed by atoms with Crippen molar-refractivity contribution in [2.45, 2.75) is 56.1 Å². The molecule has 1 spiro atoms. The topological polar surface area (TPSA) is 77.9 Å². The van der Waals surface area contributed by atoms with Crippen LogP contribution in [0.5, 0.6) is 5.75 Å². The quantitative estimate of drug-likeness (QED) is 0.656. The van der Waals surface area contributed by atoms with Crippen molar-refractivity contribution >= 4 is 29.0 Å². The normalized spacial score (nSPS) is 25.1. The Bertz CT molecular complexity index is 1170. The molecule has 0 bridgehead atoms. The number of carbonyl (C=O) groups is 1. The summed E-state index contributed by atoms with van der Waals surface area (Å²) in [6.45, 7) is 7.30. The lowest BCUT2D eigenvalue weighted by molar-refractivity contribution is -0.122. The number of aromatic nitrogens is 1. The molecule has 1 aromatic carbocycles. The number of likely N-dealkylation sites (tertiary alicyclic amines) is 1. The molecule has 3 aliphatic heterocycles. The van der Waals surface area contributed by atoms with Crippen LogP contribution in [0.1, 0.15) is 43.2 Å². The van der Waals surface area contributed by atoms with E-state index in [4.69, 9.17) is 21.3 Å². The number of nitrogens with one attached hydrogen (secondary N) is 1. The molecule has 2 N–H and O–H groups in total. The maximum atomic E-state index is 12.8. The average molecular weight is 495 g/mol. The number of anilines is 2. The number of hydrogen-bond donors (Lipinski definition) is 2. The van der Waals surface area contributed by atoms with Gasteiger partial charge < -0.3 is 20.1 Å². The highest BCUT2D eigenvalue weighted by molar-refractivity contribution is 6.31. The first-order valence-corrected chi connectivity index (χ1v) is 12.9. The van der Waals surface area contributed by atoms with Crippen LogP contribution in [-0.4, -0.2) is 59.3 Å². The third-order valence-corrected chi connectivity index (χ3v) is 8.42. The first-order chi connectivity index (χ1) is 16.9. The van der Waals surface area contributed by atoms with Crippen molar-refractivity contribution in [2.75, 3.05) is 36.5 Å². The number of benzene rings is 1. The molecule has 0 atom stereocenters. The van der Waals surface area contributed by atoms with Crippen LogP contribution < -0.4 is 15.0 Å². The number of amides is 1. The molecule has 0 radical (unpaired) electrons. The summed E-state index contributed by atoms with van der Waals surface area (Å²) in [6.07, 6.45) is 6.51. The lowest BCUT2D eigenvalue weighted by atomic mass is 9.73. The van der Waals surface area contributed by atoms with Crippen LogP contribution in [0.4, 0.5) is 11.5 Å². The van der Waals surface area contributed by atoms with Gasteiger partial charge in [-0.25, -0.2) is 4.98 Å². The molecule has 1 aromatic heterocycles. The van der Waals surface area contributed by atoms with Crippen LogP contribution in [0.15, 0.2) is 42.7 Å². The third-order valence-electron chi connectivity index (χ3n) is 8.19. The first kappa shape index (κ1) is 22.8. The number of piperidine rings is 1. The minimum Gasteiger partial charge on any atom is -0.491 e. The van der Waals surface area contributed by atoms with Gasteiger partial charge in [0.2, 0.25) is 5.91 Å². The van der Waals surface area contributed by atoms with Crippen molar-refractivity contribution in [1.29, 1.82) is 0 Å². The highest BCUT2D eigenvalue weighted by Gasteiger charge is 2.48. The van der Waals surface area contributed by atoms with Crippen molar-refractivity contribution in [3.8, 4) is 5.75 Å². The number of allylic oxidation sites excluding steroid dienone is 1. The molecule has 4 heterocycles. The van der Waals surface area contributed by atoms with E-state index >= 15 is 0 Å². The number of halogens is 1. The number of nitrogens with zero attached hydrogens (tertiary/aromatic N) is 3. The van der Waals surface area contributed by atoms with E-state index in [1.807, 2.05) is 18.2 Å². The summed E-state index contributed by atoms with van der Waals surface area (Å²) in [6, 6.07) is 8.07. The van der Waals surface area contributed by atoms with E-state index in [1.165, 1.54) is 5.56 Å². The molecule has 35 heavy (non-hydrogen) atoms. The van der Waals surface area contributed by atoms with Crippen molar-refractivity contribution in [3.05, 3.63) is 58.9 Å². The predicted octanol–water partition coefficient (Wildman–Crippen LogP) is 3.89. The lowest BCUT2D eigenvalue weighted by Crippen LogP contribution is -2.48. The molecule has 1 aliphatic carbocycles. The van der Waals surface area contributed by atoms with Gasteiger partial charge >= 0.3 is 0 Å². The number of aryl methyl sites for hydroxylation is 1. The summed E-state index contributed by atoms with van der Waals surface area (Å²) >= 11 is 6.23. The number of aliphatic hydroxyl groups excluding tert-OH is 1. The maximum Gasteiger partial charge on any atom is 0.235 e. The van der Waals surface area contributed by atoms with Gasteiger partial charge in [-0.2, -0.15) is 0 Å². The van der Waals surface area contributed by atoms with Gasteiger partial charge in [-0.05, 0) is 87.0 Å². The number of ether oxygens (including phenoxy) is 1. The van der Waals surface area contributed by atoms with Gasteiger partial charge in [-0.3, -0.25) is 9.69 Å². The second kappa shape index (κ2) is 8.80. The van der Waals surface area contributed by atoms with Crippen LogP contribution in [0.25, 0.3) is 0 Å². The van der Waals surface area contributed by atoms with Gasteiger partial charge in [0.15, 0.2) is 0 Å². The fraction of sp³-hybridized carbons (Fsp3) is 0.481. The zero-order chi connectivity index (χ0) is 24.2. The smallest absolute Gasteiger partial charge is 0.235 e. The summed E-state index contributed by atoms with van der Waals surface area (Å²) in [5, 5.41) is 13.4. The molecule has 1 saturated carbocycles. The fourth-order valence-corrected chi connectivity index (χ4v) is 6.22. The number of hydrogen-bond acceptors (Lipinski definition) is 6. The summed E-state index contributed by atoms with van der Waals surface area (Å²) < 4.78 is 6.08. The Kier molecular flexibility index (Phi) is 5.74. The van der Waals surface area contributed by atoms with E-state index in [9.17, 15) is 9.90 Å². The van der Waals surface area contributed by atoms with E-state index in [1.54, 1.807) is 6.20 Å². The number of rotatable bonds is 5. The minimum absolute atomic E-state index is 0.0962. The van der Waals surface area contributed by atoms with Gasteiger partial charge in [-0.1, -0.05) is 18.2 Å². The van der Waals surface area contributed by atoms with Crippen LogP contribution in [-0.2, 0) is 16.6 Å². The van der Waals surface area contributed by atoms with Crippen molar-refractivity contribution in [2.24, 2.45) is 0 Å². The Balaban J connectivity index is 1.05. The van der Waals surface area contributed by atoms with Gasteiger partial charge in [0.25, 0.3) is 0 Å². The Morgan fingerprint density at radius 3 is 2.80 bits per heavy atom.